The Hall–Kier alpha value is -0.940. The van der Waals surface area contributed by atoms with Crippen LogP contribution in [0.3, 0.4) is 0 Å². The summed E-state index contributed by atoms with van der Waals surface area (Å²) >= 11 is 0. The van der Waals surface area contributed by atoms with Gasteiger partial charge in [-0.3, -0.25) is 0 Å². The van der Waals surface area contributed by atoms with Gasteiger partial charge in [0.25, 0.3) is 5.89 Å². The number of hydrogen-bond donors (Lipinski definition) is 1. The minimum Gasteiger partial charge on any atom is -0.368 e. The van der Waals surface area contributed by atoms with Crippen molar-refractivity contribution in [2.75, 3.05) is 13.2 Å². The minimum atomic E-state index is -0.0741. The Morgan fingerprint density at radius 1 is 1.33 bits per heavy atom. The van der Waals surface area contributed by atoms with Gasteiger partial charge in [0.05, 0.1) is 0 Å². The summed E-state index contributed by atoms with van der Waals surface area (Å²) in [5.74, 6) is 2.32. The van der Waals surface area contributed by atoms with Gasteiger partial charge >= 0.3 is 0 Å². The fourth-order valence-corrected chi connectivity index (χ4v) is 2.02. The quantitative estimate of drug-likeness (QED) is 0.803. The number of aromatic nitrogens is 2. The first-order chi connectivity index (χ1) is 7.38. The molecular weight excluding hydrogens is 194 g/mol. The number of rotatable bonds is 3. The molecule has 0 spiro atoms. The highest BCUT2D eigenvalue weighted by Gasteiger charge is 2.35. The zero-order valence-electron chi connectivity index (χ0n) is 8.56. The third-order valence-corrected chi connectivity index (χ3v) is 3.16. The number of nitrogens with zero attached hydrogens (tertiary/aromatic N) is 2. The van der Waals surface area contributed by atoms with E-state index in [0.29, 0.717) is 24.3 Å². The Kier molecular flexibility index (Phi) is 2.21. The maximum absolute atomic E-state index is 5.67. The van der Waals surface area contributed by atoms with Crippen molar-refractivity contribution in [3.63, 3.8) is 0 Å². The molecule has 0 bridgehead atoms. The highest BCUT2D eigenvalue weighted by molar-refractivity contribution is 5.05. The van der Waals surface area contributed by atoms with E-state index in [1.807, 2.05) is 0 Å². The maximum atomic E-state index is 5.67. The van der Waals surface area contributed by atoms with E-state index in [1.165, 1.54) is 12.8 Å². The molecule has 2 fully saturated rings. The molecule has 1 saturated carbocycles. The van der Waals surface area contributed by atoms with Gasteiger partial charge in [0.1, 0.15) is 6.10 Å². The first-order valence-corrected chi connectivity index (χ1v) is 5.53. The molecule has 3 rings (SSSR count). The smallest absolute Gasteiger partial charge is 0.256 e. The van der Waals surface area contributed by atoms with Crippen LogP contribution < -0.4 is 5.73 Å². The van der Waals surface area contributed by atoms with Crippen LogP contribution in [0.1, 0.15) is 43.0 Å². The Morgan fingerprint density at radius 3 is 2.93 bits per heavy atom. The van der Waals surface area contributed by atoms with Gasteiger partial charge in [-0.15, -0.1) is 0 Å². The predicted molar refractivity (Wildman–Crippen MR) is 52.1 cm³/mol. The molecule has 1 aliphatic carbocycles. The minimum absolute atomic E-state index is 0.0741. The molecule has 2 unspecified atom stereocenters. The van der Waals surface area contributed by atoms with Crippen molar-refractivity contribution in [3.05, 3.63) is 11.7 Å². The van der Waals surface area contributed by atoms with E-state index >= 15 is 0 Å². The van der Waals surface area contributed by atoms with Crippen LogP contribution in [0.15, 0.2) is 4.52 Å². The average Bonchev–Trinajstić information content (AvgIpc) is 2.83. The second-order valence-corrected chi connectivity index (χ2v) is 4.34. The number of ether oxygens (including phenoxy) is 1. The maximum Gasteiger partial charge on any atom is 0.256 e. The normalized spacial score (nSPS) is 31.0. The molecule has 0 aromatic carbocycles. The second kappa shape index (κ2) is 3.57. The van der Waals surface area contributed by atoms with E-state index < -0.39 is 0 Å². The monoisotopic (exact) mass is 209 g/mol. The second-order valence-electron chi connectivity index (χ2n) is 4.34. The summed E-state index contributed by atoms with van der Waals surface area (Å²) in [6.45, 7) is 1.36. The summed E-state index contributed by atoms with van der Waals surface area (Å²) in [5, 5.41) is 3.98. The molecule has 1 aromatic rings. The lowest BCUT2D eigenvalue weighted by molar-refractivity contribution is 0.0642. The van der Waals surface area contributed by atoms with E-state index in [0.717, 1.165) is 18.9 Å². The lowest BCUT2D eigenvalue weighted by atomic mass is 10.0. The van der Waals surface area contributed by atoms with Gasteiger partial charge in [0.2, 0.25) is 0 Å². The topological polar surface area (TPSA) is 74.2 Å². The predicted octanol–water partition coefficient (Wildman–Crippen LogP) is 0.983. The van der Waals surface area contributed by atoms with Crippen molar-refractivity contribution in [2.45, 2.75) is 31.3 Å². The van der Waals surface area contributed by atoms with Gasteiger partial charge in [-0.05, 0) is 25.8 Å². The molecule has 82 valence electrons. The van der Waals surface area contributed by atoms with Gasteiger partial charge in [-0.25, -0.2) is 0 Å². The molecule has 5 nitrogen and oxygen atoms in total. The summed E-state index contributed by atoms with van der Waals surface area (Å²) < 4.78 is 10.8. The SMILES string of the molecule is NCC1CCOC1c1nc(C2CC2)no1. The molecule has 2 N–H and O–H groups in total. The van der Waals surface area contributed by atoms with E-state index in [2.05, 4.69) is 10.1 Å². The average molecular weight is 209 g/mol. The van der Waals surface area contributed by atoms with Crippen molar-refractivity contribution in [1.82, 2.24) is 10.1 Å². The van der Waals surface area contributed by atoms with Gasteiger partial charge in [0.15, 0.2) is 5.82 Å². The highest BCUT2D eigenvalue weighted by Crippen LogP contribution is 2.40. The van der Waals surface area contributed by atoms with Crippen molar-refractivity contribution in [3.8, 4) is 0 Å². The largest absolute Gasteiger partial charge is 0.368 e. The van der Waals surface area contributed by atoms with Crippen molar-refractivity contribution in [1.29, 1.82) is 0 Å². The molecule has 2 atom stereocenters. The molecule has 2 aliphatic rings. The summed E-state index contributed by atoms with van der Waals surface area (Å²) in [5.41, 5.74) is 5.67. The van der Waals surface area contributed by atoms with Crippen LogP contribution >= 0.6 is 0 Å². The summed E-state index contributed by atoms with van der Waals surface area (Å²) in [6, 6.07) is 0. The summed E-state index contributed by atoms with van der Waals surface area (Å²) in [6.07, 6.45) is 3.28. The van der Waals surface area contributed by atoms with Crippen LogP contribution in [0.5, 0.6) is 0 Å². The van der Waals surface area contributed by atoms with E-state index in [9.17, 15) is 0 Å². The number of nitrogens with two attached hydrogens (primary N) is 1. The molecule has 1 saturated heterocycles. The van der Waals surface area contributed by atoms with Crippen molar-refractivity contribution >= 4 is 0 Å². The Labute approximate surface area is 88.0 Å². The van der Waals surface area contributed by atoms with E-state index in [-0.39, 0.29) is 6.10 Å². The van der Waals surface area contributed by atoms with Crippen LogP contribution in [0.4, 0.5) is 0 Å². The van der Waals surface area contributed by atoms with E-state index in [4.69, 9.17) is 15.0 Å². The highest BCUT2D eigenvalue weighted by atomic mass is 16.5. The van der Waals surface area contributed by atoms with Crippen molar-refractivity contribution in [2.24, 2.45) is 11.7 Å². The molecule has 0 amide bonds. The van der Waals surface area contributed by atoms with Crippen LogP contribution in [-0.2, 0) is 4.74 Å². The lowest BCUT2D eigenvalue weighted by Crippen LogP contribution is -2.18. The summed E-state index contributed by atoms with van der Waals surface area (Å²) in [7, 11) is 0. The molecule has 1 aliphatic heterocycles. The van der Waals surface area contributed by atoms with Gasteiger partial charge < -0.3 is 15.0 Å². The van der Waals surface area contributed by atoms with Gasteiger partial charge in [-0.1, -0.05) is 5.16 Å². The molecule has 2 heterocycles. The molecule has 1 aromatic heterocycles. The Morgan fingerprint density at radius 2 is 2.20 bits per heavy atom. The Bertz CT molecular complexity index is 348. The first-order valence-electron chi connectivity index (χ1n) is 5.53. The van der Waals surface area contributed by atoms with Crippen LogP contribution in [0.2, 0.25) is 0 Å². The van der Waals surface area contributed by atoms with Crippen LogP contribution in [0.25, 0.3) is 0 Å². The first kappa shape index (κ1) is 9.30. The van der Waals surface area contributed by atoms with Gasteiger partial charge in [-0.2, -0.15) is 4.98 Å². The fraction of sp³-hybridized carbons (Fsp3) is 0.800. The van der Waals surface area contributed by atoms with Crippen LogP contribution in [-0.4, -0.2) is 23.3 Å². The zero-order valence-corrected chi connectivity index (χ0v) is 8.56. The van der Waals surface area contributed by atoms with Gasteiger partial charge in [0, 0.05) is 18.4 Å². The Balaban J connectivity index is 1.78. The third-order valence-electron chi connectivity index (χ3n) is 3.16. The molecular formula is C10H15N3O2. The zero-order chi connectivity index (χ0) is 10.3. The lowest BCUT2D eigenvalue weighted by Gasteiger charge is -2.11. The van der Waals surface area contributed by atoms with Crippen LogP contribution in [0, 0.1) is 5.92 Å². The fourth-order valence-electron chi connectivity index (χ4n) is 2.02. The van der Waals surface area contributed by atoms with E-state index in [1.54, 1.807) is 0 Å². The third kappa shape index (κ3) is 1.66. The molecule has 0 radical (unpaired) electrons. The summed E-state index contributed by atoms with van der Waals surface area (Å²) in [4.78, 5) is 4.39. The standard InChI is InChI=1S/C10H15N3O2/c11-5-7-3-4-14-8(7)10-12-9(13-15-10)6-1-2-6/h6-8H,1-5,11H2. The number of hydrogen-bond acceptors (Lipinski definition) is 5. The van der Waals surface area contributed by atoms with Crippen molar-refractivity contribution < 1.29 is 9.26 Å². The molecule has 15 heavy (non-hydrogen) atoms. The molecule has 5 heteroatoms.